The van der Waals surface area contributed by atoms with Crippen molar-refractivity contribution < 1.29 is 0 Å². The summed E-state index contributed by atoms with van der Waals surface area (Å²) in [4.78, 5) is 0. The Balaban J connectivity index is 2.05. The molecule has 1 aromatic rings. The van der Waals surface area contributed by atoms with Crippen molar-refractivity contribution in [2.24, 2.45) is 0 Å². The molecule has 0 spiro atoms. The van der Waals surface area contributed by atoms with E-state index < -0.39 is 0 Å². The fourth-order valence-corrected chi connectivity index (χ4v) is 2.62. The minimum Gasteiger partial charge on any atom is -0.296 e. The zero-order valence-corrected chi connectivity index (χ0v) is 9.09. The molecule has 0 radical (unpaired) electrons. The van der Waals surface area contributed by atoms with Crippen LogP contribution in [0.2, 0.25) is 5.28 Å². The topological polar surface area (TPSA) is 30.7 Å². The summed E-state index contributed by atoms with van der Waals surface area (Å²) in [7, 11) is 0. The Kier molecular flexibility index (Phi) is 1.69. The van der Waals surface area contributed by atoms with Crippen LogP contribution < -0.4 is 0 Å². The van der Waals surface area contributed by atoms with E-state index >= 15 is 0 Å². The largest absolute Gasteiger partial charge is 0.296 e. The van der Waals surface area contributed by atoms with Gasteiger partial charge in [-0.15, -0.1) is 10.2 Å². The molecule has 0 N–H and O–H groups in total. The van der Waals surface area contributed by atoms with E-state index in [9.17, 15) is 0 Å². The van der Waals surface area contributed by atoms with Crippen LogP contribution in [-0.2, 0) is 5.54 Å². The van der Waals surface area contributed by atoms with Crippen LogP contribution in [0.25, 0.3) is 0 Å². The van der Waals surface area contributed by atoms with Gasteiger partial charge in [0.2, 0.25) is 5.28 Å². The summed E-state index contributed by atoms with van der Waals surface area (Å²) in [6.45, 7) is 2.26. The summed E-state index contributed by atoms with van der Waals surface area (Å²) in [6.07, 6.45) is 6.24. The molecule has 3 nitrogen and oxygen atoms in total. The van der Waals surface area contributed by atoms with Gasteiger partial charge in [-0.1, -0.05) is 0 Å². The Morgan fingerprint density at radius 1 is 1.36 bits per heavy atom. The Labute approximate surface area is 88.5 Å². The first-order chi connectivity index (χ1) is 6.71. The van der Waals surface area contributed by atoms with E-state index in [0.29, 0.717) is 11.2 Å². The Morgan fingerprint density at radius 2 is 2.07 bits per heavy atom. The van der Waals surface area contributed by atoms with Crippen molar-refractivity contribution in [3.8, 4) is 0 Å². The van der Waals surface area contributed by atoms with Crippen LogP contribution in [0, 0.1) is 0 Å². The van der Waals surface area contributed by atoms with Crippen molar-refractivity contribution in [1.29, 1.82) is 0 Å². The van der Waals surface area contributed by atoms with E-state index in [-0.39, 0.29) is 5.54 Å². The summed E-state index contributed by atoms with van der Waals surface area (Å²) in [5, 5.41) is 8.79. The third kappa shape index (κ3) is 1.11. The van der Waals surface area contributed by atoms with E-state index in [0.717, 1.165) is 5.82 Å². The highest BCUT2D eigenvalue weighted by atomic mass is 35.5. The predicted molar refractivity (Wildman–Crippen MR) is 54.5 cm³/mol. The molecule has 1 heterocycles. The van der Waals surface area contributed by atoms with Crippen LogP contribution in [0.3, 0.4) is 0 Å². The SMILES string of the molecule is CC1(n2c(Cl)nnc2C2CC2)CCC1. The van der Waals surface area contributed by atoms with Crippen molar-refractivity contribution in [2.45, 2.75) is 50.5 Å². The molecule has 2 saturated carbocycles. The molecule has 0 atom stereocenters. The second-order valence-corrected chi connectivity index (χ2v) is 5.13. The van der Waals surface area contributed by atoms with Crippen molar-refractivity contribution in [3.63, 3.8) is 0 Å². The third-order valence-corrected chi connectivity index (χ3v) is 3.81. The quantitative estimate of drug-likeness (QED) is 0.753. The Bertz CT molecular complexity index is 363. The maximum atomic E-state index is 6.10. The highest BCUT2D eigenvalue weighted by Crippen LogP contribution is 2.46. The monoisotopic (exact) mass is 211 g/mol. The fraction of sp³-hybridized carbons (Fsp3) is 0.800. The van der Waals surface area contributed by atoms with Gasteiger partial charge in [0.1, 0.15) is 5.82 Å². The highest BCUT2D eigenvalue weighted by molar-refractivity contribution is 6.28. The standard InChI is InChI=1S/C10H14ClN3/c1-10(5-2-6-10)14-8(7-3-4-7)12-13-9(14)11/h7H,2-6H2,1H3. The van der Waals surface area contributed by atoms with Gasteiger partial charge in [-0.25, -0.2) is 0 Å². The molecule has 14 heavy (non-hydrogen) atoms. The van der Waals surface area contributed by atoms with Crippen molar-refractivity contribution >= 4 is 11.6 Å². The summed E-state index contributed by atoms with van der Waals surface area (Å²) in [5.41, 5.74) is 0.207. The maximum absolute atomic E-state index is 6.10. The Morgan fingerprint density at radius 3 is 2.57 bits per heavy atom. The first-order valence-corrected chi connectivity index (χ1v) is 5.70. The van der Waals surface area contributed by atoms with Crippen molar-refractivity contribution in [1.82, 2.24) is 14.8 Å². The molecule has 0 amide bonds. The van der Waals surface area contributed by atoms with Gasteiger partial charge in [0, 0.05) is 11.5 Å². The number of halogens is 1. The zero-order chi connectivity index (χ0) is 9.76. The third-order valence-electron chi connectivity index (χ3n) is 3.56. The first-order valence-electron chi connectivity index (χ1n) is 5.32. The molecule has 0 aliphatic heterocycles. The lowest BCUT2D eigenvalue weighted by atomic mass is 9.78. The number of rotatable bonds is 2. The Hall–Kier alpha value is -0.570. The van der Waals surface area contributed by atoms with E-state index in [1.165, 1.54) is 32.1 Å². The molecule has 2 aliphatic carbocycles. The lowest BCUT2D eigenvalue weighted by Gasteiger charge is -2.40. The van der Waals surface area contributed by atoms with Gasteiger partial charge in [-0.2, -0.15) is 0 Å². The van der Waals surface area contributed by atoms with E-state index in [1.54, 1.807) is 0 Å². The van der Waals surface area contributed by atoms with Gasteiger partial charge in [0.25, 0.3) is 0 Å². The van der Waals surface area contributed by atoms with Crippen LogP contribution in [0.4, 0.5) is 0 Å². The second-order valence-electron chi connectivity index (χ2n) is 4.79. The highest BCUT2D eigenvalue weighted by Gasteiger charge is 2.40. The summed E-state index contributed by atoms with van der Waals surface area (Å²) < 4.78 is 2.18. The number of hydrogen-bond acceptors (Lipinski definition) is 2. The molecule has 2 aliphatic rings. The van der Waals surface area contributed by atoms with Gasteiger partial charge in [-0.05, 0) is 50.6 Å². The van der Waals surface area contributed by atoms with Gasteiger partial charge >= 0.3 is 0 Å². The average Bonchev–Trinajstić information content (AvgIpc) is 2.87. The summed E-state index contributed by atoms with van der Waals surface area (Å²) >= 11 is 6.10. The molecule has 4 heteroatoms. The molecule has 1 aromatic heterocycles. The number of nitrogens with zero attached hydrogens (tertiary/aromatic N) is 3. The number of hydrogen-bond donors (Lipinski definition) is 0. The molecule has 0 bridgehead atoms. The van der Waals surface area contributed by atoms with Gasteiger partial charge in [0.05, 0.1) is 0 Å². The normalized spacial score (nSPS) is 24.7. The molecule has 2 fully saturated rings. The van der Waals surface area contributed by atoms with Gasteiger partial charge in [-0.3, -0.25) is 4.57 Å². The predicted octanol–water partition coefficient (Wildman–Crippen LogP) is 2.71. The van der Waals surface area contributed by atoms with Gasteiger partial charge < -0.3 is 0 Å². The van der Waals surface area contributed by atoms with Crippen LogP contribution >= 0.6 is 11.6 Å². The zero-order valence-electron chi connectivity index (χ0n) is 8.33. The van der Waals surface area contributed by atoms with Gasteiger partial charge in [0.15, 0.2) is 0 Å². The molecule has 3 rings (SSSR count). The van der Waals surface area contributed by atoms with Crippen LogP contribution in [0.1, 0.15) is 50.8 Å². The minimum atomic E-state index is 0.207. The molecule has 0 saturated heterocycles. The van der Waals surface area contributed by atoms with Crippen LogP contribution in [0.15, 0.2) is 0 Å². The van der Waals surface area contributed by atoms with E-state index in [2.05, 4.69) is 21.7 Å². The smallest absolute Gasteiger partial charge is 0.225 e. The van der Waals surface area contributed by atoms with E-state index in [4.69, 9.17) is 11.6 Å². The van der Waals surface area contributed by atoms with Crippen molar-refractivity contribution in [3.05, 3.63) is 11.1 Å². The van der Waals surface area contributed by atoms with E-state index in [1.807, 2.05) is 0 Å². The molecule has 0 aromatic carbocycles. The molecule has 0 unspecified atom stereocenters. The second kappa shape index (κ2) is 2.72. The van der Waals surface area contributed by atoms with Crippen LogP contribution in [0.5, 0.6) is 0 Å². The molecule has 76 valence electrons. The lowest BCUT2D eigenvalue weighted by molar-refractivity contribution is 0.163. The fourth-order valence-electron chi connectivity index (χ4n) is 2.29. The minimum absolute atomic E-state index is 0.207. The van der Waals surface area contributed by atoms with Crippen LogP contribution in [-0.4, -0.2) is 14.8 Å². The first kappa shape index (κ1) is 8.72. The maximum Gasteiger partial charge on any atom is 0.225 e. The molecular weight excluding hydrogens is 198 g/mol. The van der Waals surface area contributed by atoms with Crippen molar-refractivity contribution in [2.75, 3.05) is 0 Å². The summed E-state index contributed by atoms with van der Waals surface area (Å²) in [6, 6.07) is 0. The lowest BCUT2D eigenvalue weighted by Crippen LogP contribution is -2.38. The summed E-state index contributed by atoms with van der Waals surface area (Å²) in [5.74, 6) is 1.75. The number of aromatic nitrogens is 3. The average molecular weight is 212 g/mol. The molecular formula is C10H14ClN3.